The molecule has 1 aromatic carbocycles. The van der Waals surface area contributed by atoms with Gasteiger partial charge in [0.25, 0.3) is 0 Å². The maximum atomic E-state index is 15.3. The van der Waals surface area contributed by atoms with Gasteiger partial charge in [0.2, 0.25) is 0 Å². The Labute approximate surface area is 239 Å². The number of carbonyl (C=O) groups excluding carboxylic acids is 1. The van der Waals surface area contributed by atoms with Gasteiger partial charge in [-0.1, -0.05) is 19.6 Å². The van der Waals surface area contributed by atoms with Crippen molar-refractivity contribution in [3.8, 4) is 11.4 Å². The van der Waals surface area contributed by atoms with E-state index in [2.05, 4.69) is 34.7 Å². The largest absolute Gasteiger partial charge is 0.444 e. The molecular formula is C25H32F4IN5O3Si. The van der Waals surface area contributed by atoms with Crippen LogP contribution in [0.3, 0.4) is 0 Å². The van der Waals surface area contributed by atoms with Crippen molar-refractivity contribution >= 4 is 47.8 Å². The van der Waals surface area contributed by atoms with Crippen LogP contribution in [0.4, 0.5) is 22.4 Å². The molecule has 0 aliphatic heterocycles. The van der Waals surface area contributed by atoms with E-state index in [0.29, 0.717) is 15.8 Å². The first-order valence-electron chi connectivity index (χ1n) is 12.2. The Morgan fingerprint density at radius 3 is 2.44 bits per heavy atom. The summed E-state index contributed by atoms with van der Waals surface area (Å²) in [6, 6.07) is 2.71. The van der Waals surface area contributed by atoms with Crippen LogP contribution in [0.15, 0.2) is 18.3 Å². The Bertz CT molecular complexity index is 1350. The van der Waals surface area contributed by atoms with Crippen molar-refractivity contribution in [1.29, 1.82) is 0 Å². The number of carbonyl (C=O) groups is 1. The summed E-state index contributed by atoms with van der Waals surface area (Å²) in [5, 5.41) is 4.36. The van der Waals surface area contributed by atoms with Gasteiger partial charge in [0.15, 0.2) is 5.82 Å². The van der Waals surface area contributed by atoms with Crippen LogP contribution >= 0.6 is 22.6 Å². The van der Waals surface area contributed by atoms with Gasteiger partial charge in [-0.25, -0.2) is 23.8 Å². The molecule has 2 aromatic heterocycles. The van der Waals surface area contributed by atoms with Gasteiger partial charge in [-0.2, -0.15) is 18.3 Å². The highest BCUT2D eigenvalue weighted by Gasteiger charge is 2.37. The standard InChI is InChI=1S/C25H32F4IN5O3Si/c1-24(2,3)38-23(36)34(4)13-15-10-16(25(27,28)29)19(17(26)11-15)22-31-12-18-20(32-22)21(30)33-35(18)14-37-8-9-39(5,6)7/h10-12H,8-9,13-14H2,1-7H3. The van der Waals surface area contributed by atoms with E-state index in [9.17, 15) is 18.0 Å². The molecule has 0 aliphatic rings. The first-order valence-corrected chi connectivity index (χ1v) is 17.0. The molecule has 0 radical (unpaired) electrons. The van der Waals surface area contributed by atoms with E-state index in [1.54, 1.807) is 20.8 Å². The Hall–Kier alpha value is -2.33. The van der Waals surface area contributed by atoms with E-state index in [0.717, 1.165) is 23.1 Å². The number of amides is 1. The van der Waals surface area contributed by atoms with Crippen molar-refractivity contribution in [3.05, 3.63) is 39.0 Å². The summed E-state index contributed by atoms with van der Waals surface area (Å²) in [5.41, 5.74) is -2.12. The molecule has 2 heterocycles. The van der Waals surface area contributed by atoms with Crippen LogP contribution in [-0.2, 0) is 28.9 Å². The molecule has 0 saturated carbocycles. The Balaban J connectivity index is 1.94. The van der Waals surface area contributed by atoms with Crippen molar-refractivity contribution in [3.63, 3.8) is 0 Å². The molecule has 0 aliphatic carbocycles. The Morgan fingerprint density at radius 1 is 1.18 bits per heavy atom. The predicted octanol–water partition coefficient (Wildman–Crippen LogP) is 6.94. The van der Waals surface area contributed by atoms with Gasteiger partial charge in [-0.05, 0) is 67.1 Å². The normalized spacial score (nSPS) is 12.7. The molecule has 8 nitrogen and oxygen atoms in total. The molecule has 1 amide bonds. The van der Waals surface area contributed by atoms with Gasteiger partial charge in [-0.15, -0.1) is 0 Å². The summed E-state index contributed by atoms with van der Waals surface area (Å²) < 4.78 is 70.5. The first kappa shape index (κ1) is 31.2. The maximum Gasteiger partial charge on any atom is 0.417 e. The number of halogens is 5. The summed E-state index contributed by atoms with van der Waals surface area (Å²) in [6.45, 7) is 12.1. The lowest BCUT2D eigenvalue weighted by molar-refractivity contribution is -0.137. The number of hydrogen-bond acceptors (Lipinski definition) is 6. The quantitative estimate of drug-likeness (QED) is 0.111. The molecule has 0 unspecified atom stereocenters. The van der Waals surface area contributed by atoms with Crippen LogP contribution in [-0.4, -0.2) is 58.1 Å². The third-order valence-corrected chi connectivity index (χ3v) is 7.90. The van der Waals surface area contributed by atoms with Crippen molar-refractivity contribution in [2.45, 2.75) is 71.5 Å². The number of hydrogen-bond donors (Lipinski definition) is 0. The Kier molecular flexibility index (Phi) is 9.32. The van der Waals surface area contributed by atoms with Crippen LogP contribution < -0.4 is 0 Å². The fraction of sp³-hybridized carbons (Fsp3) is 0.520. The zero-order valence-corrected chi connectivity index (χ0v) is 26.1. The summed E-state index contributed by atoms with van der Waals surface area (Å²) >= 11 is 1.92. The van der Waals surface area contributed by atoms with E-state index in [1.807, 2.05) is 22.6 Å². The highest BCUT2D eigenvalue weighted by Crippen LogP contribution is 2.39. The lowest BCUT2D eigenvalue weighted by Gasteiger charge is -2.25. The molecule has 0 saturated heterocycles. The third-order valence-electron chi connectivity index (χ3n) is 5.47. The Morgan fingerprint density at radius 2 is 1.85 bits per heavy atom. The second kappa shape index (κ2) is 11.6. The van der Waals surface area contributed by atoms with Gasteiger partial charge < -0.3 is 14.4 Å². The SMILES string of the molecule is CN(Cc1cc(F)c(-c2ncc3c(n2)c(I)nn3COCC[Si](C)(C)C)c(C(F)(F)F)c1)C(=O)OC(C)(C)C. The minimum atomic E-state index is -4.91. The third kappa shape index (κ3) is 8.33. The molecule has 0 fully saturated rings. The van der Waals surface area contributed by atoms with E-state index < -0.39 is 48.7 Å². The molecule has 3 rings (SSSR count). The average molecular weight is 682 g/mol. The smallest absolute Gasteiger partial charge is 0.417 e. The molecule has 0 atom stereocenters. The summed E-state index contributed by atoms with van der Waals surface area (Å²) in [5.74, 6) is -1.58. The van der Waals surface area contributed by atoms with Crippen LogP contribution in [0.1, 0.15) is 31.9 Å². The number of alkyl halides is 3. The fourth-order valence-electron chi connectivity index (χ4n) is 3.55. The molecule has 14 heteroatoms. The lowest BCUT2D eigenvalue weighted by atomic mass is 10.0. The van der Waals surface area contributed by atoms with E-state index in [4.69, 9.17) is 9.47 Å². The first-order chi connectivity index (χ1) is 17.9. The topological polar surface area (TPSA) is 82.4 Å². The number of fused-ring (bicyclic) bond motifs is 1. The molecular weight excluding hydrogens is 649 g/mol. The van der Waals surface area contributed by atoms with Crippen molar-refractivity contribution < 1.29 is 31.8 Å². The van der Waals surface area contributed by atoms with E-state index >= 15 is 4.39 Å². The maximum absolute atomic E-state index is 15.3. The van der Waals surface area contributed by atoms with Gasteiger partial charge in [0.1, 0.15) is 32.9 Å². The monoisotopic (exact) mass is 681 g/mol. The van der Waals surface area contributed by atoms with Crippen molar-refractivity contribution in [1.82, 2.24) is 24.6 Å². The number of rotatable bonds is 8. The van der Waals surface area contributed by atoms with Crippen LogP contribution in [0, 0.1) is 9.52 Å². The van der Waals surface area contributed by atoms with Crippen molar-refractivity contribution in [2.75, 3.05) is 13.7 Å². The van der Waals surface area contributed by atoms with Gasteiger partial charge >= 0.3 is 12.3 Å². The van der Waals surface area contributed by atoms with Crippen molar-refractivity contribution in [2.24, 2.45) is 0 Å². The lowest BCUT2D eigenvalue weighted by Crippen LogP contribution is -2.33. The highest BCUT2D eigenvalue weighted by atomic mass is 127. The minimum absolute atomic E-state index is 0.0594. The molecule has 3 aromatic rings. The number of ether oxygens (including phenoxy) is 2. The van der Waals surface area contributed by atoms with Gasteiger partial charge in [0, 0.05) is 28.3 Å². The van der Waals surface area contributed by atoms with E-state index in [1.165, 1.54) is 17.9 Å². The molecule has 39 heavy (non-hydrogen) atoms. The van der Waals surface area contributed by atoms with Crippen LogP contribution in [0.2, 0.25) is 25.7 Å². The average Bonchev–Trinajstić information content (AvgIpc) is 3.08. The number of aromatic nitrogens is 4. The molecule has 0 bridgehead atoms. The summed E-state index contributed by atoms with van der Waals surface area (Å²) in [6.07, 6.45) is -4.33. The molecule has 0 spiro atoms. The zero-order chi connectivity index (χ0) is 29.3. The van der Waals surface area contributed by atoms with Gasteiger partial charge in [-0.3, -0.25) is 0 Å². The molecule has 0 N–H and O–H groups in total. The summed E-state index contributed by atoms with van der Waals surface area (Å²) in [7, 11) is 0.0820. The minimum Gasteiger partial charge on any atom is -0.444 e. The molecule has 214 valence electrons. The van der Waals surface area contributed by atoms with Crippen LogP contribution in [0.5, 0.6) is 0 Å². The second-order valence-corrected chi connectivity index (χ2v) is 18.0. The van der Waals surface area contributed by atoms with Gasteiger partial charge in [0.05, 0.1) is 17.3 Å². The summed E-state index contributed by atoms with van der Waals surface area (Å²) in [4.78, 5) is 21.6. The van der Waals surface area contributed by atoms with E-state index in [-0.39, 0.29) is 24.4 Å². The number of benzene rings is 1. The van der Waals surface area contributed by atoms with Crippen LogP contribution in [0.25, 0.3) is 22.4 Å². The zero-order valence-electron chi connectivity index (χ0n) is 22.9. The second-order valence-electron chi connectivity index (χ2n) is 11.4. The predicted molar refractivity (Wildman–Crippen MR) is 150 cm³/mol. The number of nitrogens with zero attached hydrogens (tertiary/aromatic N) is 5. The highest BCUT2D eigenvalue weighted by molar-refractivity contribution is 14.1. The fourth-order valence-corrected chi connectivity index (χ4v) is 4.97.